The van der Waals surface area contributed by atoms with Gasteiger partial charge >= 0.3 is 0 Å². The SMILES string of the molecule is CC(C)(CCCO)CNS(=O)(=O)c1cnc[nH]1. The molecule has 0 saturated heterocycles. The zero-order valence-corrected chi connectivity index (χ0v) is 10.9. The number of H-pyrrole nitrogens is 1. The second-order valence-corrected chi connectivity index (χ2v) is 6.47. The van der Waals surface area contributed by atoms with Crippen LogP contribution in [0.2, 0.25) is 0 Å². The van der Waals surface area contributed by atoms with Crippen molar-refractivity contribution >= 4 is 10.0 Å². The summed E-state index contributed by atoms with van der Waals surface area (Å²) in [5, 5.41) is 8.82. The van der Waals surface area contributed by atoms with Gasteiger partial charge in [0.25, 0.3) is 10.0 Å². The molecule has 1 rings (SSSR count). The van der Waals surface area contributed by atoms with Crippen LogP contribution in [0.15, 0.2) is 17.6 Å². The smallest absolute Gasteiger partial charge is 0.257 e. The lowest BCUT2D eigenvalue weighted by atomic mass is 9.88. The highest BCUT2D eigenvalue weighted by atomic mass is 32.2. The van der Waals surface area contributed by atoms with Gasteiger partial charge in [-0.2, -0.15) is 0 Å². The van der Waals surface area contributed by atoms with E-state index in [0.717, 1.165) is 6.42 Å². The van der Waals surface area contributed by atoms with Crippen LogP contribution < -0.4 is 4.72 Å². The molecule has 3 N–H and O–H groups in total. The largest absolute Gasteiger partial charge is 0.396 e. The molecule has 6 nitrogen and oxygen atoms in total. The van der Waals surface area contributed by atoms with Gasteiger partial charge in [0.05, 0.1) is 12.5 Å². The molecule has 0 bridgehead atoms. The van der Waals surface area contributed by atoms with Gasteiger partial charge in [-0.15, -0.1) is 0 Å². The molecule has 1 aromatic heterocycles. The number of hydrogen-bond donors (Lipinski definition) is 3. The summed E-state index contributed by atoms with van der Waals surface area (Å²) in [5.74, 6) is 0. The van der Waals surface area contributed by atoms with E-state index >= 15 is 0 Å². The number of aromatic amines is 1. The van der Waals surface area contributed by atoms with Crippen LogP contribution in [0.4, 0.5) is 0 Å². The molecule has 0 atom stereocenters. The van der Waals surface area contributed by atoms with Crippen molar-refractivity contribution in [3.8, 4) is 0 Å². The average Bonchev–Trinajstić information content (AvgIpc) is 2.78. The van der Waals surface area contributed by atoms with E-state index in [2.05, 4.69) is 14.7 Å². The molecule has 0 aliphatic heterocycles. The Bertz CT molecular complexity index is 426. The van der Waals surface area contributed by atoms with Crippen LogP contribution in [0.1, 0.15) is 26.7 Å². The molecule has 98 valence electrons. The molecule has 0 aliphatic rings. The van der Waals surface area contributed by atoms with Crippen LogP contribution in [-0.4, -0.2) is 36.6 Å². The van der Waals surface area contributed by atoms with E-state index in [1.807, 2.05) is 13.8 Å². The molecule has 0 amide bonds. The van der Waals surface area contributed by atoms with E-state index in [4.69, 9.17) is 5.11 Å². The average molecular weight is 261 g/mol. The molecule has 1 aromatic rings. The highest BCUT2D eigenvalue weighted by molar-refractivity contribution is 7.89. The quantitative estimate of drug-likeness (QED) is 0.665. The van der Waals surface area contributed by atoms with Crippen molar-refractivity contribution in [1.29, 1.82) is 0 Å². The second kappa shape index (κ2) is 5.61. The Balaban J connectivity index is 2.56. The lowest BCUT2D eigenvalue weighted by Gasteiger charge is -2.24. The standard InChI is InChI=1S/C10H19N3O3S/c1-10(2,4-3-5-14)7-13-17(15,16)9-6-11-8-12-9/h6,8,13-14H,3-5,7H2,1-2H3,(H,11,12). The maximum atomic E-state index is 11.8. The molecular weight excluding hydrogens is 242 g/mol. The summed E-state index contributed by atoms with van der Waals surface area (Å²) in [6, 6.07) is 0. The number of aliphatic hydroxyl groups excluding tert-OH is 1. The first-order valence-electron chi connectivity index (χ1n) is 5.46. The fraction of sp³-hybridized carbons (Fsp3) is 0.700. The lowest BCUT2D eigenvalue weighted by Crippen LogP contribution is -2.34. The predicted molar refractivity (Wildman–Crippen MR) is 63.9 cm³/mol. The van der Waals surface area contributed by atoms with E-state index in [1.165, 1.54) is 12.5 Å². The van der Waals surface area contributed by atoms with E-state index in [0.29, 0.717) is 13.0 Å². The predicted octanol–water partition coefficient (Wildman–Crippen LogP) is 0.487. The first kappa shape index (κ1) is 14.1. The molecule has 1 heterocycles. The summed E-state index contributed by atoms with van der Waals surface area (Å²) in [6.07, 6.45) is 4.02. The van der Waals surface area contributed by atoms with Crippen LogP contribution in [0.5, 0.6) is 0 Å². The van der Waals surface area contributed by atoms with Crippen molar-refractivity contribution in [2.24, 2.45) is 5.41 Å². The molecular formula is C10H19N3O3S. The normalized spacial score (nSPS) is 12.9. The van der Waals surface area contributed by atoms with Crippen molar-refractivity contribution in [2.45, 2.75) is 31.7 Å². The minimum Gasteiger partial charge on any atom is -0.396 e. The van der Waals surface area contributed by atoms with Gasteiger partial charge in [0, 0.05) is 13.2 Å². The summed E-state index contributed by atoms with van der Waals surface area (Å²) in [7, 11) is -3.51. The van der Waals surface area contributed by atoms with E-state index in [9.17, 15) is 8.42 Å². The van der Waals surface area contributed by atoms with Crippen LogP contribution in [0.25, 0.3) is 0 Å². The van der Waals surface area contributed by atoms with Crippen molar-refractivity contribution in [2.75, 3.05) is 13.2 Å². The summed E-state index contributed by atoms with van der Waals surface area (Å²) in [6.45, 7) is 4.36. The van der Waals surface area contributed by atoms with E-state index in [1.54, 1.807) is 0 Å². The molecule has 0 saturated carbocycles. The maximum absolute atomic E-state index is 11.8. The van der Waals surface area contributed by atoms with E-state index in [-0.39, 0.29) is 17.0 Å². The summed E-state index contributed by atoms with van der Waals surface area (Å²) < 4.78 is 26.1. The molecule has 0 fully saturated rings. The highest BCUT2D eigenvalue weighted by Crippen LogP contribution is 2.21. The van der Waals surface area contributed by atoms with Gasteiger partial charge in [-0.25, -0.2) is 18.1 Å². The third-order valence-electron chi connectivity index (χ3n) is 2.52. The molecule has 0 unspecified atom stereocenters. The number of imidazole rings is 1. The minimum atomic E-state index is -3.51. The third-order valence-corrected chi connectivity index (χ3v) is 3.84. The van der Waals surface area contributed by atoms with Crippen LogP contribution >= 0.6 is 0 Å². The number of sulfonamides is 1. The van der Waals surface area contributed by atoms with E-state index < -0.39 is 10.0 Å². The van der Waals surface area contributed by atoms with Crippen LogP contribution in [0, 0.1) is 5.41 Å². The first-order valence-corrected chi connectivity index (χ1v) is 6.95. The maximum Gasteiger partial charge on any atom is 0.257 e. The van der Waals surface area contributed by atoms with Crippen molar-refractivity contribution < 1.29 is 13.5 Å². The number of hydrogen-bond acceptors (Lipinski definition) is 4. The van der Waals surface area contributed by atoms with Gasteiger partial charge in [0.2, 0.25) is 0 Å². The summed E-state index contributed by atoms with van der Waals surface area (Å²) >= 11 is 0. The molecule has 0 spiro atoms. The number of nitrogens with zero attached hydrogens (tertiary/aromatic N) is 1. The Morgan fingerprint density at radius 1 is 1.53 bits per heavy atom. The lowest BCUT2D eigenvalue weighted by molar-refractivity contribution is 0.242. The molecule has 0 radical (unpaired) electrons. The van der Waals surface area contributed by atoms with Crippen molar-refractivity contribution in [3.63, 3.8) is 0 Å². The number of nitrogens with one attached hydrogen (secondary N) is 2. The molecule has 0 aliphatic carbocycles. The Hall–Kier alpha value is -0.920. The van der Waals surface area contributed by atoms with Crippen LogP contribution in [0.3, 0.4) is 0 Å². The van der Waals surface area contributed by atoms with Gasteiger partial charge in [-0.3, -0.25) is 0 Å². The van der Waals surface area contributed by atoms with Crippen LogP contribution in [-0.2, 0) is 10.0 Å². The minimum absolute atomic E-state index is 0.0652. The Labute approximate surface area is 102 Å². The second-order valence-electron chi connectivity index (χ2n) is 4.73. The molecule has 7 heteroatoms. The Kier molecular flexibility index (Phi) is 4.67. The first-order chi connectivity index (χ1) is 7.87. The fourth-order valence-electron chi connectivity index (χ4n) is 1.40. The monoisotopic (exact) mass is 261 g/mol. The Morgan fingerprint density at radius 3 is 2.76 bits per heavy atom. The third kappa shape index (κ3) is 4.45. The molecule has 17 heavy (non-hydrogen) atoms. The zero-order valence-electron chi connectivity index (χ0n) is 10.1. The van der Waals surface area contributed by atoms with Crippen molar-refractivity contribution in [3.05, 3.63) is 12.5 Å². The molecule has 0 aromatic carbocycles. The summed E-state index contributed by atoms with van der Waals surface area (Å²) in [5.41, 5.74) is -0.185. The number of aliphatic hydroxyl groups is 1. The number of rotatable bonds is 7. The topological polar surface area (TPSA) is 95.1 Å². The van der Waals surface area contributed by atoms with Gasteiger partial charge in [-0.1, -0.05) is 13.8 Å². The highest BCUT2D eigenvalue weighted by Gasteiger charge is 2.22. The van der Waals surface area contributed by atoms with Gasteiger partial charge in [0.1, 0.15) is 0 Å². The van der Waals surface area contributed by atoms with Gasteiger partial charge in [0.15, 0.2) is 5.03 Å². The Morgan fingerprint density at radius 2 is 2.24 bits per heavy atom. The number of aromatic nitrogens is 2. The zero-order chi connectivity index (χ0) is 12.9. The van der Waals surface area contributed by atoms with Crippen molar-refractivity contribution in [1.82, 2.24) is 14.7 Å². The fourth-order valence-corrected chi connectivity index (χ4v) is 2.55. The van der Waals surface area contributed by atoms with Gasteiger partial charge in [-0.05, 0) is 18.3 Å². The van der Waals surface area contributed by atoms with Gasteiger partial charge < -0.3 is 10.1 Å². The summed E-state index contributed by atoms with van der Waals surface area (Å²) in [4.78, 5) is 6.23.